The molecule has 8 heteroatoms. The Balaban J connectivity index is 1.60. The number of halogens is 1. The van der Waals surface area contributed by atoms with E-state index in [2.05, 4.69) is 26.8 Å². The van der Waals surface area contributed by atoms with E-state index in [9.17, 15) is 0 Å². The first kappa shape index (κ1) is 20.9. The molecule has 1 atom stereocenters. The molecule has 0 fully saturated rings. The summed E-state index contributed by atoms with van der Waals surface area (Å²) < 4.78 is 5.77. The summed E-state index contributed by atoms with van der Waals surface area (Å²) in [5.41, 5.74) is 3.79. The Morgan fingerprint density at radius 1 is 1.09 bits per heavy atom. The van der Waals surface area contributed by atoms with E-state index in [0.717, 1.165) is 22.4 Å². The molecular formula is C24H19ClN4OS2. The van der Waals surface area contributed by atoms with Crippen molar-refractivity contribution in [2.75, 3.05) is 0 Å². The molecule has 0 saturated carbocycles. The highest BCUT2D eigenvalue weighted by Gasteiger charge is 2.34. The van der Waals surface area contributed by atoms with Gasteiger partial charge < -0.3 is 14.7 Å². The number of nitrogens with zero attached hydrogens (tertiary/aromatic N) is 3. The van der Waals surface area contributed by atoms with Crippen LogP contribution in [-0.4, -0.2) is 20.2 Å². The van der Waals surface area contributed by atoms with Crippen LogP contribution in [0.15, 0.2) is 82.3 Å². The third kappa shape index (κ3) is 4.07. The summed E-state index contributed by atoms with van der Waals surface area (Å²) in [6.45, 7) is 2.72. The zero-order chi connectivity index (χ0) is 22.1. The quantitative estimate of drug-likeness (QED) is 0.339. The van der Waals surface area contributed by atoms with Gasteiger partial charge in [0.2, 0.25) is 5.82 Å². The maximum atomic E-state index is 6.13. The number of hydrogen-bond donors (Lipinski definition) is 1. The van der Waals surface area contributed by atoms with Crippen molar-refractivity contribution in [3.63, 3.8) is 0 Å². The second-order valence-corrected chi connectivity index (χ2v) is 9.24. The van der Waals surface area contributed by atoms with Crippen LogP contribution < -0.4 is 5.32 Å². The van der Waals surface area contributed by atoms with Gasteiger partial charge in [0.25, 0.3) is 5.89 Å². The van der Waals surface area contributed by atoms with Gasteiger partial charge in [-0.25, -0.2) is 0 Å². The summed E-state index contributed by atoms with van der Waals surface area (Å²) >= 11 is 13.6. The van der Waals surface area contributed by atoms with Crippen molar-refractivity contribution in [1.29, 1.82) is 0 Å². The Morgan fingerprint density at radius 2 is 1.88 bits per heavy atom. The molecule has 1 aliphatic rings. The van der Waals surface area contributed by atoms with Gasteiger partial charge in [-0.05, 0) is 48.3 Å². The SMILES string of the molecule is CC1=C(c2nc(-c3ccccc3)no2)C(c2ccc(Cl)cc2)NC(=S)N1Cc1cccs1. The predicted octanol–water partition coefficient (Wildman–Crippen LogP) is 6.31. The van der Waals surface area contributed by atoms with E-state index in [1.807, 2.05) is 67.6 Å². The molecule has 5 rings (SSSR count). The first-order chi connectivity index (χ1) is 15.6. The molecule has 0 bridgehead atoms. The zero-order valence-corrected chi connectivity index (χ0v) is 19.5. The van der Waals surface area contributed by atoms with Crippen LogP contribution in [0.25, 0.3) is 17.0 Å². The standard InChI is InChI=1S/C24H19ClN4OS2/c1-15-20(23-27-22(28-30-23)17-6-3-2-4-7-17)21(16-9-11-18(25)12-10-16)26-24(31)29(15)14-19-8-5-13-32-19/h2-13,21H,14H2,1H3,(H,26,31). The third-order valence-electron chi connectivity index (χ3n) is 5.38. The van der Waals surface area contributed by atoms with Crippen LogP contribution in [0.1, 0.15) is 29.3 Å². The summed E-state index contributed by atoms with van der Waals surface area (Å²) in [6.07, 6.45) is 0. The van der Waals surface area contributed by atoms with Crippen molar-refractivity contribution in [1.82, 2.24) is 20.4 Å². The lowest BCUT2D eigenvalue weighted by atomic mass is 9.95. The molecule has 5 nitrogen and oxygen atoms in total. The highest BCUT2D eigenvalue weighted by Crippen LogP contribution is 2.38. The van der Waals surface area contributed by atoms with Crippen molar-refractivity contribution < 1.29 is 4.52 Å². The Bertz CT molecular complexity index is 1270. The second kappa shape index (κ2) is 8.86. The van der Waals surface area contributed by atoms with Gasteiger partial charge in [-0.2, -0.15) is 4.98 Å². The zero-order valence-electron chi connectivity index (χ0n) is 17.2. The van der Waals surface area contributed by atoms with Crippen molar-refractivity contribution >= 4 is 45.8 Å². The normalized spacial score (nSPS) is 16.4. The van der Waals surface area contributed by atoms with Crippen molar-refractivity contribution in [2.45, 2.75) is 19.5 Å². The van der Waals surface area contributed by atoms with E-state index in [0.29, 0.717) is 28.4 Å². The van der Waals surface area contributed by atoms with Crippen molar-refractivity contribution in [3.05, 3.63) is 99.2 Å². The smallest absolute Gasteiger partial charge is 0.258 e. The van der Waals surface area contributed by atoms with Crippen LogP contribution >= 0.6 is 35.2 Å². The van der Waals surface area contributed by atoms with Gasteiger partial charge in [0, 0.05) is 21.2 Å². The van der Waals surface area contributed by atoms with Crippen molar-refractivity contribution in [2.24, 2.45) is 0 Å². The van der Waals surface area contributed by atoms with Gasteiger partial charge in [-0.15, -0.1) is 11.3 Å². The minimum Gasteiger partial charge on any atom is -0.351 e. The number of rotatable bonds is 5. The summed E-state index contributed by atoms with van der Waals surface area (Å²) in [5.74, 6) is 1.01. The molecule has 2 aromatic carbocycles. The van der Waals surface area contributed by atoms with Crippen LogP contribution in [0.3, 0.4) is 0 Å². The Kier molecular flexibility index (Phi) is 5.78. The van der Waals surface area contributed by atoms with Gasteiger partial charge in [0.05, 0.1) is 18.2 Å². The minimum absolute atomic E-state index is 0.233. The molecule has 160 valence electrons. The highest BCUT2D eigenvalue weighted by molar-refractivity contribution is 7.80. The Morgan fingerprint density at radius 3 is 2.59 bits per heavy atom. The number of benzene rings is 2. The Labute approximate surface area is 200 Å². The fourth-order valence-corrected chi connectivity index (χ4v) is 4.89. The number of aromatic nitrogens is 2. The molecule has 0 radical (unpaired) electrons. The van der Waals surface area contributed by atoms with Crippen LogP contribution in [0.4, 0.5) is 0 Å². The third-order valence-corrected chi connectivity index (χ3v) is 6.83. The van der Waals surface area contributed by atoms with Crippen LogP contribution in [0.2, 0.25) is 5.02 Å². The van der Waals surface area contributed by atoms with Crippen LogP contribution in [0, 0.1) is 0 Å². The molecule has 32 heavy (non-hydrogen) atoms. The molecular weight excluding hydrogens is 460 g/mol. The molecule has 0 aliphatic carbocycles. The van der Waals surface area contributed by atoms with E-state index in [1.54, 1.807) is 11.3 Å². The van der Waals surface area contributed by atoms with Gasteiger partial charge in [-0.1, -0.05) is 65.3 Å². The largest absolute Gasteiger partial charge is 0.351 e. The number of thiocarbonyl (C=S) groups is 1. The maximum Gasteiger partial charge on any atom is 0.258 e. The molecule has 0 amide bonds. The molecule has 1 unspecified atom stereocenters. The van der Waals surface area contributed by atoms with Crippen LogP contribution in [-0.2, 0) is 6.54 Å². The average molecular weight is 479 g/mol. The number of hydrogen-bond acceptors (Lipinski definition) is 5. The molecule has 1 aliphatic heterocycles. The summed E-state index contributed by atoms with van der Waals surface area (Å²) in [7, 11) is 0. The molecule has 1 N–H and O–H groups in total. The van der Waals surface area contributed by atoms with Gasteiger partial charge in [0.15, 0.2) is 5.11 Å². The maximum absolute atomic E-state index is 6.13. The second-order valence-electron chi connectivity index (χ2n) is 7.39. The fraction of sp³-hybridized carbons (Fsp3) is 0.125. The monoisotopic (exact) mass is 478 g/mol. The predicted molar refractivity (Wildman–Crippen MR) is 132 cm³/mol. The first-order valence-electron chi connectivity index (χ1n) is 10.1. The number of allylic oxidation sites excluding steroid dienone is 1. The molecule has 0 spiro atoms. The van der Waals surface area contributed by atoms with Crippen molar-refractivity contribution in [3.8, 4) is 11.4 Å². The minimum atomic E-state index is -0.233. The molecule has 2 aromatic heterocycles. The molecule has 4 aromatic rings. The lowest BCUT2D eigenvalue weighted by Gasteiger charge is -2.37. The van der Waals surface area contributed by atoms with E-state index in [1.165, 1.54) is 4.88 Å². The lowest BCUT2D eigenvalue weighted by molar-refractivity contribution is 0.396. The fourth-order valence-electron chi connectivity index (χ4n) is 3.75. The van der Waals surface area contributed by atoms with Gasteiger partial charge in [-0.3, -0.25) is 0 Å². The van der Waals surface area contributed by atoms with E-state index in [4.69, 9.17) is 33.3 Å². The average Bonchev–Trinajstić information content (AvgIpc) is 3.50. The number of nitrogens with one attached hydrogen (secondary N) is 1. The van der Waals surface area contributed by atoms with Gasteiger partial charge >= 0.3 is 0 Å². The topological polar surface area (TPSA) is 54.2 Å². The summed E-state index contributed by atoms with van der Waals surface area (Å²) in [6, 6.07) is 21.4. The molecule has 3 heterocycles. The van der Waals surface area contributed by atoms with E-state index >= 15 is 0 Å². The van der Waals surface area contributed by atoms with Crippen LogP contribution in [0.5, 0.6) is 0 Å². The highest BCUT2D eigenvalue weighted by atomic mass is 35.5. The number of thiophene rings is 1. The summed E-state index contributed by atoms with van der Waals surface area (Å²) in [4.78, 5) is 8.03. The van der Waals surface area contributed by atoms with E-state index in [-0.39, 0.29) is 6.04 Å². The van der Waals surface area contributed by atoms with Gasteiger partial charge in [0.1, 0.15) is 0 Å². The Hall–Kier alpha value is -3.00. The molecule has 0 saturated heterocycles. The lowest BCUT2D eigenvalue weighted by Crippen LogP contribution is -2.45. The first-order valence-corrected chi connectivity index (χ1v) is 11.7. The summed E-state index contributed by atoms with van der Waals surface area (Å²) in [5, 5.41) is 11.1. The van der Waals surface area contributed by atoms with E-state index < -0.39 is 0 Å².